The van der Waals surface area contributed by atoms with Gasteiger partial charge in [0.2, 0.25) is 5.91 Å². The summed E-state index contributed by atoms with van der Waals surface area (Å²) in [6.07, 6.45) is 1.78. The molecule has 0 radical (unpaired) electrons. The van der Waals surface area contributed by atoms with Crippen LogP contribution in [0.4, 0.5) is 0 Å². The molecule has 3 rings (SSSR count). The lowest BCUT2D eigenvalue weighted by Gasteiger charge is -2.08. The molecule has 1 aromatic heterocycles. The Bertz CT molecular complexity index is 953. The standard InChI is InChI=1S/C21H19BrN2O2S/c22-18-8-10-19(11-9-18)27-15-20(25)23-13-16-4-6-17(7-5-16)14-24-12-2-1-3-21(24)26/h1-12H,13-15H2,(H,23,25). The summed E-state index contributed by atoms with van der Waals surface area (Å²) < 4.78 is 2.69. The van der Waals surface area contributed by atoms with Crippen LogP contribution in [0.5, 0.6) is 0 Å². The van der Waals surface area contributed by atoms with Crippen LogP contribution in [0.1, 0.15) is 11.1 Å². The first-order valence-corrected chi connectivity index (χ1v) is 10.3. The van der Waals surface area contributed by atoms with Crippen LogP contribution in [0.15, 0.2) is 87.1 Å². The van der Waals surface area contributed by atoms with Crippen LogP contribution in [0.2, 0.25) is 0 Å². The fraction of sp³-hybridized carbons (Fsp3) is 0.143. The van der Waals surface area contributed by atoms with Crippen molar-refractivity contribution >= 4 is 33.6 Å². The van der Waals surface area contributed by atoms with E-state index in [0.717, 1.165) is 20.5 Å². The van der Waals surface area contributed by atoms with E-state index in [2.05, 4.69) is 21.2 Å². The predicted molar refractivity (Wildman–Crippen MR) is 113 cm³/mol. The molecule has 0 spiro atoms. The number of carbonyl (C=O) groups excluding carboxylic acids is 1. The number of halogens is 1. The van der Waals surface area contributed by atoms with E-state index in [1.54, 1.807) is 22.9 Å². The summed E-state index contributed by atoms with van der Waals surface area (Å²) in [7, 11) is 0. The summed E-state index contributed by atoms with van der Waals surface area (Å²) in [4.78, 5) is 24.8. The smallest absolute Gasteiger partial charge is 0.250 e. The summed E-state index contributed by atoms with van der Waals surface area (Å²) in [6.45, 7) is 1.03. The molecule has 6 heteroatoms. The molecule has 1 N–H and O–H groups in total. The quantitative estimate of drug-likeness (QED) is 0.561. The Balaban J connectivity index is 1.46. The molecule has 4 nitrogen and oxygen atoms in total. The van der Waals surface area contributed by atoms with Gasteiger partial charge in [-0.05, 0) is 41.5 Å². The number of hydrogen-bond donors (Lipinski definition) is 1. The zero-order valence-corrected chi connectivity index (χ0v) is 17.0. The Hall–Kier alpha value is -2.31. The monoisotopic (exact) mass is 442 g/mol. The third-order valence-corrected chi connectivity index (χ3v) is 5.49. The number of thioether (sulfide) groups is 1. The fourth-order valence-electron chi connectivity index (χ4n) is 2.48. The highest BCUT2D eigenvalue weighted by Crippen LogP contribution is 2.20. The molecule has 0 atom stereocenters. The summed E-state index contributed by atoms with van der Waals surface area (Å²) in [6, 6.07) is 21.0. The highest BCUT2D eigenvalue weighted by Gasteiger charge is 2.04. The van der Waals surface area contributed by atoms with Gasteiger partial charge in [-0.1, -0.05) is 46.3 Å². The zero-order chi connectivity index (χ0) is 19.1. The van der Waals surface area contributed by atoms with Crippen LogP contribution in [0.25, 0.3) is 0 Å². The van der Waals surface area contributed by atoms with Gasteiger partial charge in [-0.15, -0.1) is 11.8 Å². The first kappa shape index (κ1) is 19.5. The Labute approximate surface area is 170 Å². The van der Waals surface area contributed by atoms with Gasteiger partial charge in [0.1, 0.15) is 0 Å². The molecule has 1 amide bonds. The van der Waals surface area contributed by atoms with Crippen LogP contribution in [-0.4, -0.2) is 16.2 Å². The molecule has 0 saturated carbocycles. The maximum Gasteiger partial charge on any atom is 0.250 e. The van der Waals surface area contributed by atoms with Crippen molar-refractivity contribution < 1.29 is 4.79 Å². The second-order valence-electron chi connectivity index (χ2n) is 6.00. The molecule has 0 bridgehead atoms. The van der Waals surface area contributed by atoms with Crippen molar-refractivity contribution in [1.82, 2.24) is 9.88 Å². The molecular formula is C21H19BrN2O2S. The summed E-state index contributed by atoms with van der Waals surface area (Å²) in [5.41, 5.74) is 2.06. The van der Waals surface area contributed by atoms with E-state index >= 15 is 0 Å². The number of amides is 1. The maximum atomic E-state index is 12.0. The highest BCUT2D eigenvalue weighted by atomic mass is 79.9. The first-order chi connectivity index (χ1) is 13.1. The molecule has 0 aliphatic rings. The number of benzene rings is 2. The van der Waals surface area contributed by atoms with Gasteiger partial charge in [-0.2, -0.15) is 0 Å². The van der Waals surface area contributed by atoms with Crippen molar-refractivity contribution in [3.8, 4) is 0 Å². The van der Waals surface area contributed by atoms with Gasteiger partial charge in [0.15, 0.2) is 0 Å². The molecule has 0 saturated heterocycles. The third kappa shape index (κ3) is 6.12. The SMILES string of the molecule is O=C(CSc1ccc(Br)cc1)NCc1ccc(Cn2ccccc2=O)cc1. The number of nitrogens with one attached hydrogen (secondary N) is 1. The van der Waals surface area contributed by atoms with E-state index in [1.165, 1.54) is 11.8 Å². The van der Waals surface area contributed by atoms with Gasteiger partial charge >= 0.3 is 0 Å². The lowest BCUT2D eigenvalue weighted by molar-refractivity contribution is -0.118. The Morgan fingerprint density at radius 1 is 0.963 bits per heavy atom. The van der Waals surface area contributed by atoms with Gasteiger partial charge in [0.25, 0.3) is 5.56 Å². The minimum atomic E-state index is -0.0166. The molecule has 0 aliphatic heterocycles. The van der Waals surface area contributed by atoms with Crippen molar-refractivity contribution in [3.05, 3.63) is 98.9 Å². The molecular weight excluding hydrogens is 424 g/mol. The average Bonchev–Trinajstić information content (AvgIpc) is 2.69. The molecule has 3 aromatic rings. The molecule has 1 heterocycles. The first-order valence-electron chi connectivity index (χ1n) is 8.48. The van der Waals surface area contributed by atoms with Crippen molar-refractivity contribution in [2.75, 3.05) is 5.75 Å². The van der Waals surface area contributed by atoms with Crippen molar-refractivity contribution in [2.45, 2.75) is 18.0 Å². The predicted octanol–water partition coefficient (Wildman–Crippen LogP) is 4.07. The Morgan fingerprint density at radius 2 is 1.67 bits per heavy atom. The van der Waals surface area contributed by atoms with Crippen LogP contribution in [0.3, 0.4) is 0 Å². The number of rotatable bonds is 7. The lowest BCUT2D eigenvalue weighted by Crippen LogP contribution is -2.24. The summed E-state index contributed by atoms with van der Waals surface area (Å²) >= 11 is 4.91. The van der Waals surface area contributed by atoms with Gasteiger partial charge in [-0.3, -0.25) is 9.59 Å². The summed E-state index contributed by atoms with van der Waals surface area (Å²) in [5, 5.41) is 2.93. The van der Waals surface area contributed by atoms with E-state index in [9.17, 15) is 9.59 Å². The molecule has 0 aliphatic carbocycles. The van der Waals surface area contributed by atoms with Crippen molar-refractivity contribution in [3.63, 3.8) is 0 Å². The van der Waals surface area contributed by atoms with E-state index in [0.29, 0.717) is 18.8 Å². The van der Waals surface area contributed by atoms with E-state index in [-0.39, 0.29) is 11.5 Å². The lowest BCUT2D eigenvalue weighted by atomic mass is 10.1. The molecule has 0 fully saturated rings. The summed E-state index contributed by atoms with van der Waals surface area (Å²) in [5.74, 6) is 0.388. The zero-order valence-electron chi connectivity index (χ0n) is 14.6. The molecule has 138 valence electrons. The minimum Gasteiger partial charge on any atom is -0.351 e. The fourth-order valence-corrected chi connectivity index (χ4v) is 3.47. The third-order valence-electron chi connectivity index (χ3n) is 3.95. The van der Waals surface area contributed by atoms with Gasteiger partial charge < -0.3 is 9.88 Å². The molecule has 27 heavy (non-hydrogen) atoms. The van der Waals surface area contributed by atoms with Crippen LogP contribution in [-0.2, 0) is 17.9 Å². The Kier molecular flexibility index (Phi) is 6.90. The number of nitrogens with zero attached hydrogens (tertiary/aromatic N) is 1. The van der Waals surface area contributed by atoms with E-state index < -0.39 is 0 Å². The minimum absolute atomic E-state index is 0.00262. The van der Waals surface area contributed by atoms with Crippen molar-refractivity contribution in [2.24, 2.45) is 0 Å². The normalized spacial score (nSPS) is 10.6. The molecule has 2 aromatic carbocycles. The Morgan fingerprint density at radius 3 is 2.37 bits per heavy atom. The van der Waals surface area contributed by atoms with Crippen LogP contribution >= 0.6 is 27.7 Å². The second-order valence-corrected chi connectivity index (χ2v) is 7.97. The molecule has 0 unspecified atom stereocenters. The number of carbonyl (C=O) groups is 1. The number of aromatic nitrogens is 1. The largest absolute Gasteiger partial charge is 0.351 e. The van der Waals surface area contributed by atoms with E-state index in [4.69, 9.17) is 0 Å². The number of hydrogen-bond acceptors (Lipinski definition) is 3. The number of pyridine rings is 1. The topological polar surface area (TPSA) is 51.1 Å². The van der Waals surface area contributed by atoms with Gasteiger partial charge in [0, 0.05) is 28.2 Å². The second kappa shape index (κ2) is 9.58. The van der Waals surface area contributed by atoms with Gasteiger partial charge in [0.05, 0.1) is 12.3 Å². The van der Waals surface area contributed by atoms with Gasteiger partial charge in [-0.25, -0.2) is 0 Å². The van der Waals surface area contributed by atoms with Crippen molar-refractivity contribution in [1.29, 1.82) is 0 Å². The average molecular weight is 443 g/mol. The van der Waals surface area contributed by atoms with Crippen LogP contribution < -0.4 is 10.9 Å². The van der Waals surface area contributed by atoms with Crippen LogP contribution in [0, 0.1) is 0 Å². The maximum absolute atomic E-state index is 12.0. The highest BCUT2D eigenvalue weighted by molar-refractivity contribution is 9.10. The van der Waals surface area contributed by atoms with E-state index in [1.807, 2.05) is 54.6 Å².